The fraction of sp³-hybridized carbons (Fsp3) is 0.304. The average molecular weight is 385 g/mol. The molecule has 146 valence electrons. The number of hydrogen-bond acceptors (Lipinski definition) is 5. The van der Waals surface area contributed by atoms with Gasteiger partial charge in [0.2, 0.25) is 0 Å². The van der Waals surface area contributed by atoms with E-state index in [1.54, 1.807) is 29.2 Å². The molecule has 0 unspecified atom stereocenters. The quantitative estimate of drug-likeness (QED) is 0.727. The lowest BCUT2D eigenvalue weighted by atomic mass is 9.91. The summed E-state index contributed by atoms with van der Waals surface area (Å²) in [5.74, 6) is 0. The lowest BCUT2D eigenvalue weighted by molar-refractivity contribution is 0.269. The van der Waals surface area contributed by atoms with Crippen molar-refractivity contribution in [2.75, 3.05) is 0 Å². The molecule has 0 radical (unpaired) electrons. The molecule has 0 atom stereocenters. The van der Waals surface area contributed by atoms with Crippen LogP contribution >= 0.6 is 0 Å². The molecule has 4 rings (SSSR count). The predicted molar refractivity (Wildman–Crippen MR) is 111 cm³/mol. The molecular formula is C23H23N5O. The van der Waals surface area contributed by atoms with E-state index < -0.39 is 0 Å². The maximum atomic E-state index is 12.4. The highest BCUT2D eigenvalue weighted by Crippen LogP contribution is 2.27. The second kappa shape index (κ2) is 8.80. The van der Waals surface area contributed by atoms with Gasteiger partial charge >= 0.3 is 0 Å². The standard InChI is InChI=1S/C23H23N5O/c24-14-17-3-1-4-18(13-17)15-26-20-6-8-21(9-7-20)28-23(29)11-10-22(27-28)19-5-2-12-25-16-19/h1-5,10-13,16,20-21,26H,6-9,15H2. The summed E-state index contributed by atoms with van der Waals surface area (Å²) in [6.45, 7) is 0.750. The minimum atomic E-state index is -0.0534. The molecular weight excluding hydrogens is 362 g/mol. The molecule has 29 heavy (non-hydrogen) atoms. The number of nitrogens with zero attached hydrogens (tertiary/aromatic N) is 4. The molecule has 0 saturated heterocycles. The van der Waals surface area contributed by atoms with Gasteiger partial charge in [-0.15, -0.1) is 0 Å². The Morgan fingerprint density at radius 1 is 1.10 bits per heavy atom. The normalized spacial score (nSPS) is 18.9. The van der Waals surface area contributed by atoms with Gasteiger partial charge in [-0.25, -0.2) is 4.68 Å². The molecule has 0 amide bonds. The van der Waals surface area contributed by atoms with E-state index >= 15 is 0 Å². The van der Waals surface area contributed by atoms with Gasteiger partial charge in [0.15, 0.2) is 0 Å². The maximum Gasteiger partial charge on any atom is 0.267 e. The summed E-state index contributed by atoms with van der Waals surface area (Å²) in [6.07, 6.45) is 7.31. The first-order valence-electron chi connectivity index (χ1n) is 9.95. The minimum Gasteiger partial charge on any atom is -0.310 e. The first-order valence-corrected chi connectivity index (χ1v) is 9.95. The van der Waals surface area contributed by atoms with Crippen molar-refractivity contribution in [1.82, 2.24) is 20.1 Å². The van der Waals surface area contributed by atoms with E-state index in [-0.39, 0.29) is 11.6 Å². The van der Waals surface area contributed by atoms with Crippen LogP contribution < -0.4 is 10.9 Å². The summed E-state index contributed by atoms with van der Waals surface area (Å²) in [6, 6.07) is 17.6. The van der Waals surface area contributed by atoms with Crippen LogP contribution in [-0.2, 0) is 6.54 Å². The zero-order valence-corrected chi connectivity index (χ0v) is 16.2. The Morgan fingerprint density at radius 2 is 1.97 bits per heavy atom. The van der Waals surface area contributed by atoms with Crippen molar-refractivity contribution in [1.29, 1.82) is 5.26 Å². The summed E-state index contributed by atoms with van der Waals surface area (Å²) in [5.41, 5.74) is 3.44. The Bertz CT molecular complexity index is 1060. The summed E-state index contributed by atoms with van der Waals surface area (Å²) in [4.78, 5) is 16.5. The van der Waals surface area contributed by atoms with Crippen LogP contribution in [0.3, 0.4) is 0 Å². The molecule has 1 aliphatic rings. The van der Waals surface area contributed by atoms with Crippen LogP contribution in [0.4, 0.5) is 0 Å². The number of nitrogens with one attached hydrogen (secondary N) is 1. The van der Waals surface area contributed by atoms with Crippen LogP contribution in [0.1, 0.15) is 42.9 Å². The number of pyridine rings is 1. The van der Waals surface area contributed by atoms with Gasteiger partial charge in [0.05, 0.1) is 23.4 Å². The second-order valence-electron chi connectivity index (χ2n) is 7.44. The molecule has 1 aromatic carbocycles. The van der Waals surface area contributed by atoms with E-state index in [0.29, 0.717) is 11.6 Å². The van der Waals surface area contributed by atoms with Gasteiger partial charge in [-0.05, 0) is 61.6 Å². The van der Waals surface area contributed by atoms with Crippen molar-refractivity contribution in [3.8, 4) is 17.3 Å². The molecule has 6 nitrogen and oxygen atoms in total. The van der Waals surface area contributed by atoms with Crippen LogP contribution in [-0.4, -0.2) is 20.8 Å². The molecule has 0 bridgehead atoms. The molecule has 6 heteroatoms. The van der Waals surface area contributed by atoms with Crippen molar-refractivity contribution in [3.05, 3.63) is 82.4 Å². The molecule has 3 aromatic rings. The van der Waals surface area contributed by atoms with Crippen molar-refractivity contribution < 1.29 is 0 Å². The van der Waals surface area contributed by atoms with Gasteiger partial charge in [0.1, 0.15) is 0 Å². The van der Waals surface area contributed by atoms with Crippen LogP contribution in [0, 0.1) is 11.3 Å². The third-order valence-electron chi connectivity index (χ3n) is 5.48. The van der Waals surface area contributed by atoms with Gasteiger partial charge in [0, 0.05) is 36.6 Å². The van der Waals surface area contributed by atoms with Crippen molar-refractivity contribution >= 4 is 0 Å². The highest BCUT2D eigenvalue weighted by atomic mass is 16.1. The molecule has 2 heterocycles. The Morgan fingerprint density at radius 3 is 2.72 bits per heavy atom. The van der Waals surface area contributed by atoms with Gasteiger partial charge in [-0.1, -0.05) is 12.1 Å². The third kappa shape index (κ3) is 4.58. The molecule has 1 fully saturated rings. The smallest absolute Gasteiger partial charge is 0.267 e. The SMILES string of the molecule is N#Cc1cccc(CNC2CCC(n3nc(-c4cccnc4)ccc3=O)CC2)c1. The minimum absolute atomic E-state index is 0.0534. The van der Waals surface area contributed by atoms with Crippen molar-refractivity contribution in [3.63, 3.8) is 0 Å². The zero-order valence-electron chi connectivity index (χ0n) is 16.2. The van der Waals surface area contributed by atoms with E-state index in [4.69, 9.17) is 5.26 Å². The summed E-state index contributed by atoms with van der Waals surface area (Å²) >= 11 is 0. The molecule has 1 N–H and O–H groups in total. The number of aromatic nitrogens is 3. The van der Waals surface area contributed by atoms with Crippen molar-refractivity contribution in [2.45, 2.75) is 44.3 Å². The molecule has 1 aliphatic carbocycles. The number of hydrogen-bond donors (Lipinski definition) is 1. The second-order valence-corrected chi connectivity index (χ2v) is 7.44. The van der Waals surface area contributed by atoms with Crippen LogP contribution in [0.25, 0.3) is 11.3 Å². The summed E-state index contributed by atoms with van der Waals surface area (Å²) in [5, 5.41) is 17.2. The Hall–Kier alpha value is -3.30. The van der Waals surface area contributed by atoms with E-state index in [9.17, 15) is 4.79 Å². The largest absolute Gasteiger partial charge is 0.310 e. The summed E-state index contributed by atoms with van der Waals surface area (Å²) in [7, 11) is 0. The monoisotopic (exact) mass is 385 g/mol. The molecule has 2 aromatic heterocycles. The summed E-state index contributed by atoms with van der Waals surface area (Å²) < 4.78 is 1.65. The van der Waals surface area contributed by atoms with Crippen LogP contribution in [0.2, 0.25) is 0 Å². The predicted octanol–water partition coefficient (Wildman–Crippen LogP) is 3.45. The maximum absolute atomic E-state index is 12.4. The van der Waals surface area contributed by atoms with E-state index in [0.717, 1.165) is 49.0 Å². The molecule has 0 aliphatic heterocycles. The van der Waals surface area contributed by atoms with Gasteiger partial charge < -0.3 is 5.32 Å². The average Bonchev–Trinajstić information content (AvgIpc) is 2.79. The van der Waals surface area contributed by atoms with E-state index in [1.807, 2.05) is 36.4 Å². The van der Waals surface area contributed by atoms with Gasteiger partial charge in [-0.3, -0.25) is 9.78 Å². The highest BCUT2D eigenvalue weighted by molar-refractivity contribution is 5.56. The van der Waals surface area contributed by atoms with Crippen LogP contribution in [0.5, 0.6) is 0 Å². The molecule has 1 saturated carbocycles. The topological polar surface area (TPSA) is 83.6 Å². The van der Waals surface area contributed by atoms with Crippen LogP contribution in [0.15, 0.2) is 65.7 Å². The van der Waals surface area contributed by atoms with Crippen molar-refractivity contribution in [2.24, 2.45) is 0 Å². The van der Waals surface area contributed by atoms with Gasteiger partial charge in [-0.2, -0.15) is 10.4 Å². The van der Waals surface area contributed by atoms with E-state index in [2.05, 4.69) is 21.5 Å². The molecule has 0 spiro atoms. The zero-order chi connectivity index (χ0) is 20.1. The Kier molecular flexibility index (Phi) is 5.78. The van der Waals surface area contributed by atoms with Gasteiger partial charge in [0.25, 0.3) is 5.56 Å². The first kappa shape index (κ1) is 19.0. The lowest BCUT2D eigenvalue weighted by Gasteiger charge is -2.29. The first-order chi connectivity index (χ1) is 14.2. The third-order valence-corrected chi connectivity index (χ3v) is 5.48. The number of benzene rings is 1. The fourth-order valence-corrected chi connectivity index (χ4v) is 3.89. The number of rotatable bonds is 5. The number of nitriles is 1. The van der Waals surface area contributed by atoms with E-state index in [1.165, 1.54) is 0 Å². The lowest BCUT2D eigenvalue weighted by Crippen LogP contribution is -2.36. The Balaban J connectivity index is 1.38. The Labute approximate surface area is 169 Å². The highest BCUT2D eigenvalue weighted by Gasteiger charge is 2.23. The fourth-order valence-electron chi connectivity index (χ4n) is 3.89.